The van der Waals surface area contributed by atoms with Crippen LogP contribution in [0.25, 0.3) is 16.6 Å². The zero-order chi connectivity index (χ0) is 17.5. The van der Waals surface area contributed by atoms with Crippen molar-refractivity contribution < 1.29 is 4.79 Å². The lowest BCUT2D eigenvalue weighted by atomic mass is 9.89. The van der Waals surface area contributed by atoms with Crippen LogP contribution in [-0.4, -0.2) is 20.3 Å². The number of carbonyl (C=O) groups is 1. The second-order valence-electron chi connectivity index (χ2n) is 6.74. The maximum atomic E-state index is 12.9. The van der Waals surface area contributed by atoms with Crippen LogP contribution >= 0.6 is 0 Å². The van der Waals surface area contributed by atoms with Crippen LogP contribution in [0, 0.1) is 5.92 Å². The first-order valence-corrected chi connectivity index (χ1v) is 8.89. The van der Waals surface area contributed by atoms with Crippen LogP contribution in [0.2, 0.25) is 0 Å². The number of benzene rings is 1. The molecule has 0 aliphatic heterocycles. The highest BCUT2D eigenvalue weighted by molar-refractivity contribution is 6.01. The molecule has 1 N–H and O–H groups in total. The number of anilines is 1. The van der Waals surface area contributed by atoms with Gasteiger partial charge in [-0.05, 0) is 37.1 Å². The Morgan fingerprint density at radius 1 is 1.12 bits per heavy atom. The zero-order valence-electron chi connectivity index (χ0n) is 14.2. The van der Waals surface area contributed by atoms with E-state index in [0.717, 1.165) is 46.5 Å². The van der Waals surface area contributed by atoms with Gasteiger partial charge in [-0.1, -0.05) is 24.3 Å². The van der Waals surface area contributed by atoms with Crippen LogP contribution in [0.5, 0.6) is 0 Å². The first kappa shape index (κ1) is 15.1. The van der Waals surface area contributed by atoms with Gasteiger partial charge in [-0.15, -0.1) is 0 Å². The molecule has 0 saturated heterocycles. The van der Waals surface area contributed by atoms with Gasteiger partial charge >= 0.3 is 0 Å². The summed E-state index contributed by atoms with van der Waals surface area (Å²) in [6, 6.07) is 15.8. The van der Waals surface area contributed by atoms with E-state index in [2.05, 4.69) is 14.7 Å². The molecule has 1 aromatic carbocycles. The molecule has 0 radical (unpaired) electrons. The van der Waals surface area contributed by atoms with Crippen molar-refractivity contribution in [3.05, 3.63) is 72.3 Å². The Morgan fingerprint density at radius 3 is 3.00 bits per heavy atom. The first-order chi connectivity index (χ1) is 12.8. The minimum atomic E-state index is -0.0541. The highest BCUT2D eigenvalue weighted by Gasteiger charge is 2.28. The fraction of sp³-hybridized carbons (Fsp3) is 0.190. The lowest BCUT2D eigenvalue weighted by Crippen LogP contribution is -2.28. The molecule has 0 bridgehead atoms. The second-order valence-corrected chi connectivity index (χ2v) is 6.74. The van der Waals surface area contributed by atoms with Crippen LogP contribution in [0.4, 0.5) is 5.69 Å². The van der Waals surface area contributed by atoms with Gasteiger partial charge in [0.2, 0.25) is 5.91 Å². The van der Waals surface area contributed by atoms with E-state index >= 15 is 0 Å². The Morgan fingerprint density at radius 2 is 2.04 bits per heavy atom. The van der Waals surface area contributed by atoms with Crippen LogP contribution < -0.4 is 5.32 Å². The predicted octanol–water partition coefficient (Wildman–Crippen LogP) is 3.63. The number of imidazole rings is 1. The van der Waals surface area contributed by atoms with Crippen molar-refractivity contribution >= 4 is 28.1 Å². The van der Waals surface area contributed by atoms with E-state index in [1.807, 2.05) is 54.7 Å². The number of para-hydroxylation sites is 1. The number of aromatic nitrogens is 3. The van der Waals surface area contributed by atoms with E-state index in [1.165, 1.54) is 0 Å². The monoisotopic (exact) mass is 342 g/mol. The molecule has 1 unspecified atom stereocenters. The van der Waals surface area contributed by atoms with Crippen molar-refractivity contribution in [2.75, 3.05) is 5.32 Å². The molecule has 5 rings (SSSR count). The van der Waals surface area contributed by atoms with Gasteiger partial charge in [0.25, 0.3) is 0 Å². The predicted molar refractivity (Wildman–Crippen MR) is 101 cm³/mol. The normalized spacial score (nSPS) is 16.5. The molecule has 5 nitrogen and oxygen atoms in total. The average molecular weight is 342 g/mol. The summed E-state index contributed by atoms with van der Waals surface area (Å²) in [4.78, 5) is 22.0. The summed E-state index contributed by atoms with van der Waals surface area (Å²) in [7, 11) is 0. The molecule has 4 aromatic rings. The van der Waals surface area contributed by atoms with Crippen LogP contribution in [0.15, 0.2) is 60.9 Å². The highest BCUT2D eigenvalue weighted by Crippen LogP contribution is 2.28. The Labute approximate surface area is 150 Å². The topological polar surface area (TPSA) is 59.3 Å². The first-order valence-electron chi connectivity index (χ1n) is 8.89. The van der Waals surface area contributed by atoms with Crippen molar-refractivity contribution in [2.45, 2.75) is 19.3 Å². The molecule has 0 spiro atoms. The lowest BCUT2D eigenvalue weighted by Gasteiger charge is -2.21. The van der Waals surface area contributed by atoms with Gasteiger partial charge in [0, 0.05) is 35.8 Å². The lowest BCUT2D eigenvalue weighted by molar-refractivity contribution is -0.120. The molecule has 1 aliphatic carbocycles. The van der Waals surface area contributed by atoms with Crippen molar-refractivity contribution in [2.24, 2.45) is 5.92 Å². The SMILES string of the molecule is O=C(Nc1cccc2cccnc12)C1CCc2nc3ccccn3c2C1. The van der Waals surface area contributed by atoms with Gasteiger partial charge in [0.05, 0.1) is 16.9 Å². The van der Waals surface area contributed by atoms with E-state index in [4.69, 9.17) is 4.98 Å². The Kier molecular flexibility index (Phi) is 3.45. The molecular weight excluding hydrogens is 324 g/mol. The molecule has 1 atom stereocenters. The van der Waals surface area contributed by atoms with Gasteiger partial charge in [-0.3, -0.25) is 9.78 Å². The van der Waals surface area contributed by atoms with Crippen LogP contribution in [0.3, 0.4) is 0 Å². The van der Waals surface area contributed by atoms with Crippen molar-refractivity contribution in [1.82, 2.24) is 14.4 Å². The molecule has 0 saturated carbocycles. The number of fused-ring (bicyclic) bond motifs is 4. The van der Waals surface area contributed by atoms with Gasteiger partial charge in [-0.25, -0.2) is 4.98 Å². The number of hydrogen-bond acceptors (Lipinski definition) is 3. The highest BCUT2D eigenvalue weighted by atomic mass is 16.1. The third-order valence-electron chi connectivity index (χ3n) is 5.14. The second kappa shape index (κ2) is 5.95. The van der Waals surface area contributed by atoms with Crippen molar-refractivity contribution in [1.29, 1.82) is 0 Å². The third kappa shape index (κ3) is 2.44. The summed E-state index contributed by atoms with van der Waals surface area (Å²) in [5.41, 5.74) is 4.83. The van der Waals surface area contributed by atoms with E-state index in [0.29, 0.717) is 6.42 Å². The number of nitrogens with one attached hydrogen (secondary N) is 1. The van der Waals surface area contributed by atoms with E-state index in [1.54, 1.807) is 6.20 Å². The number of amides is 1. The number of pyridine rings is 2. The van der Waals surface area contributed by atoms with Gasteiger partial charge in [0.1, 0.15) is 5.65 Å². The van der Waals surface area contributed by atoms with Gasteiger partial charge < -0.3 is 9.72 Å². The minimum Gasteiger partial charge on any atom is -0.324 e. The quantitative estimate of drug-likeness (QED) is 0.605. The summed E-state index contributed by atoms with van der Waals surface area (Å²) >= 11 is 0. The number of nitrogens with zero attached hydrogens (tertiary/aromatic N) is 3. The van der Waals surface area contributed by atoms with Crippen molar-refractivity contribution in [3.63, 3.8) is 0 Å². The summed E-state index contributed by atoms with van der Waals surface area (Å²) in [5, 5.41) is 4.12. The van der Waals surface area contributed by atoms with Crippen molar-refractivity contribution in [3.8, 4) is 0 Å². The zero-order valence-corrected chi connectivity index (χ0v) is 14.2. The molecular formula is C21H18N4O. The summed E-state index contributed by atoms with van der Waals surface area (Å²) in [5.74, 6) is 0.00117. The van der Waals surface area contributed by atoms with Gasteiger partial charge in [-0.2, -0.15) is 0 Å². The summed E-state index contributed by atoms with van der Waals surface area (Å²) in [6.07, 6.45) is 6.15. The molecule has 5 heteroatoms. The average Bonchev–Trinajstić information content (AvgIpc) is 3.06. The molecule has 1 amide bonds. The molecule has 3 heterocycles. The number of rotatable bonds is 2. The van der Waals surface area contributed by atoms with Gasteiger partial charge in [0.15, 0.2) is 0 Å². The fourth-order valence-electron chi connectivity index (χ4n) is 3.82. The Bertz CT molecular complexity index is 1130. The summed E-state index contributed by atoms with van der Waals surface area (Å²) < 4.78 is 2.11. The molecule has 1 aliphatic rings. The number of hydrogen-bond donors (Lipinski definition) is 1. The molecule has 0 fully saturated rings. The maximum absolute atomic E-state index is 12.9. The molecule has 128 valence electrons. The largest absolute Gasteiger partial charge is 0.324 e. The standard InChI is InChI=1S/C21H18N4O/c26-21(24-17-7-3-5-14-6-4-11-22-20(14)17)15-9-10-16-18(13-15)25-12-2-1-8-19(25)23-16/h1-8,11-12,15H,9-10,13H2,(H,24,26). The Hall–Kier alpha value is -3.21. The number of carbonyl (C=O) groups excluding carboxylic acids is 1. The smallest absolute Gasteiger partial charge is 0.227 e. The van der Waals surface area contributed by atoms with E-state index in [9.17, 15) is 4.79 Å². The number of aryl methyl sites for hydroxylation is 1. The summed E-state index contributed by atoms with van der Waals surface area (Å²) in [6.45, 7) is 0. The minimum absolute atomic E-state index is 0.0541. The maximum Gasteiger partial charge on any atom is 0.227 e. The Balaban J connectivity index is 1.43. The fourth-order valence-corrected chi connectivity index (χ4v) is 3.82. The van der Waals surface area contributed by atoms with Crippen LogP contribution in [0.1, 0.15) is 17.8 Å². The molecule has 26 heavy (non-hydrogen) atoms. The van der Waals surface area contributed by atoms with E-state index in [-0.39, 0.29) is 11.8 Å². The van der Waals surface area contributed by atoms with Crippen LogP contribution in [-0.2, 0) is 17.6 Å². The molecule has 3 aromatic heterocycles. The van der Waals surface area contributed by atoms with E-state index < -0.39 is 0 Å². The third-order valence-corrected chi connectivity index (χ3v) is 5.14.